The molecular weight excluding hydrogens is 252 g/mol. The van der Waals surface area contributed by atoms with Crippen molar-refractivity contribution in [1.29, 1.82) is 0 Å². The third-order valence-corrected chi connectivity index (χ3v) is 4.08. The maximum atomic E-state index is 4.64. The summed E-state index contributed by atoms with van der Waals surface area (Å²) in [4.78, 5) is 11.6. The first-order chi connectivity index (χ1) is 9.67. The van der Waals surface area contributed by atoms with Gasteiger partial charge in [-0.3, -0.25) is 9.58 Å². The molecule has 0 aliphatic heterocycles. The number of hydrogen-bond acceptors (Lipinski definition) is 5. The smallest absolute Gasteiger partial charge is 0.163 e. The second-order valence-electron chi connectivity index (χ2n) is 5.74. The van der Waals surface area contributed by atoms with E-state index in [4.69, 9.17) is 0 Å². The standard InChI is InChI=1S/C14H22N6/c1-15-13-11-7-16-20(3)14(11)18-12(17-13)9-19(2)8-10-5-4-6-10/h7,10H,4-6,8-9H2,1-3H3,(H,15,17,18). The highest BCUT2D eigenvalue weighted by atomic mass is 15.3. The molecule has 108 valence electrons. The summed E-state index contributed by atoms with van der Waals surface area (Å²) < 4.78 is 1.80. The molecule has 0 bridgehead atoms. The zero-order valence-corrected chi connectivity index (χ0v) is 12.4. The fourth-order valence-electron chi connectivity index (χ4n) is 2.75. The SMILES string of the molecule is CNc1nc(CN(C)CC2CCC2)nc2c1cnn2C. The second kappa shape index (κ2) is 5.36. The van der Waals surface area contributed by atoms with Crippen LogP contribution in [0.15, 0.2) is 6.20 Å². The minimum atomic E-state index is 0.784. The molecule has 0 atom stereocenters. The molecule has 1 saturated carbocycles. The number of hydrogen-bond donors (Lipinski definition) is 1. The van der Waals surface area contributed by atoms with Crippen LogP contribution < -0.4 is 5.32 Å². The minimum Gasteiger partial charge on any atom is -0.372 e. The van der Waals surface area contributed by atoms with Crippen molar-refractivity contribution in [2.45, 2.75) is 25.8 Å². The Morgan fingerprint density at radius 3 is 2.85 bits per heavy atom. The quantitative estimate of drug-likeness (QED) is 0.898. The van der Waals surface area contributed by atoms with Crippen molar-refractivity contribution < 1.29 is 0 Å². The van der Waals surface area contributed by atoms with Crippen molar-refractivity contribution in [2.75, 3.05) is 26.0 Å². The first-order valence-electron chi connectivity index (χ1n) is 7.22. The first-order valence-corrected chi connectivity index (χ1v) is 7.22. The van der Waals surface area contributed by atoms with Crippen LogP contribution in [0.2, 0.25) is 0 Å². The molecule has 0 saturated heterocycles. The van der Waals surface area contributed by atoms with Crippen LogP contribution in [0.4, 0.5) is 5.82 Å². The van der Waals surface area contributed by atoms with Crippen molar-refractivity contribution in [2.24, 2.45) is 13.0 Å². The van der Waals surface area contributed by atoms with Crippen molar-refractivity contribution in [3.8, 4) is 0 Å². The lowest BCUT2D eigenvalue weighted by atomic mass is 9.85. The van der Waals surface area contributed by atoms with Gasteiger partial charge >= 0.3 is 0 Å². The van der Waals surface area contributed by atoms with Crippen LogP contribution in [0.25, 0.3) is 11.0 Å². The fraction of sp³-hybridized carbons (Fsp3) is 0.643. The number of anilines is 1. The van der Waals surface area contributed by atoms with Gasteiger partial charge in [0.25, 0.3) is 0 Å². The summed E-state index contributed by atoms with van der Waals surface area (Å²) in [7, 11) is 5.95. The van der Waals surface area contributed by atoms with Crippen LogP contribution in [0, 0.1) is 5.92 Å². The fourth-order valence-corrected chi connectivity index (χ4v) is 2.75. The molecule has 0 amide bonds. The average molecular weight is 274 g/mol. The Balaban J connectivity index is 1.81. The van der Waals surface area contributed by atoms with E-state index in [1.165, 1.54) is 19.3 Å². The Bertz CT molecular complexity index is 601. The average Bonchev–Trinajstić information content (AvgIpc) is 2.75. The van der Waals surface area contributed by atoms with E-state index in [1.807, 2.05) is 20.3 Å². The Morgan fingerprint density at radius 1 is 1.40 bits per heavy atom. The highest BCUT2D eigenvalue weighted by molar-refractivity contribution is 5.86. The number of nitrogens with zero attached hydrogens (tertiary/aromatic N) is 5. The van der Waals surface area contributed by atoms with Crippen LogP contribution in [0.5, 0.6) is 0 Å². The van der Waals surface area contributed by atoms with Gasteiger partial charge < -0.3 is 5.32 Å². The Kier molecular flexibility index (Phi) is 3.56. The van der Waals surface area contributed by atoms with Gasteiger partial charge in [0, 0.05) is 20.6 Å². The van der Waals surface area contributed by atoms with Crippen LogP contribution in [0.1, 0.15) is 25.1 Å². The lowest BCUT2D eigenvalue weighted by Gasteiger charge is -2.29. The normalized spacial score (nSPS) is 15.8. The molecule has 3 rings (SSSR count). The predicted molar refractivity (Wildman–Crippen MR) is 79.5 cm³/mol. The largest absolute Gasteiger partial charge is 0.372 e. The van der Waals surface area contributed by atoms with Gasteiger partial charge in [-0.15, -0.1) is 0 Å². The number of fused-ring (bicyclic) bond motifs is 1. The monoisotopic (exact) mass is 274 g/mol. The third kappa shape index (κ3) is 2.47. The summed E-state index contributed by atoms with van der Waals surface area (Å²) in [6, 6.07) is 0. The minimum absolute atomic E-state index is 0.784. The molecule has 1 aliphatic rings. The molecule has 6 heteroatoms. The highest BCUT2D eigenvalue weighted by Crippen LogP contribution is 2.27. The van der Waals surface area contributed by atoms with E-state index in [-0.39, 0.29) is 0 Å². The third-order valence-electron chi connectivity index (χ3n) is 4.08. The van der Waals surface area contributed by atoms with Gasteiger partial charge in [0.15, 0.2) is 5.65 Å². The zero-order chi connectivity index (χ0) is 14.1. The molecule has 2 heterocycles. The summed E-state index contributed by atoms with van der Waals surface area (Å²) in [5.41, 5.74) is 0.886. The molecule has 0 spiro atoms. The lowest BCUT2D eigenvalue weighted by molar-refractivity contribution is 0.197. The van der Waals surface area contributed by atoms with E-state index in [1.54, 1.807) is 4.68 Å². The van der Waals surface area contributed by atoms with Crippen LogP contribution in [-0.2, 0) is 13.6 Å². The van der Waals surface area contributed by atoms with E-state index in [9.17, 15) is 0 Å². The van der Waals surface area contributed by atoms with E-state index in [2.05, 4.69) is 32.3 Å². The van der Waals surface area contributed by atoms with Crippen LogP contribution in [0.3, 0.4) is 0 Å². The van der Waals surface area contributed by atoms with Crippen molar-refractivity contribution in [1.82, 2.24) is 24.6 Å². The molecular formula is C14H22N6. The van der Waals surface area contributed by atoms with Gasteiger partial charge in [0.2, 0.25) is 0 Å². The van der Waals surface area contributed by atoms with Gasteiger partial charge in [0.05, 0.1) is 18.1 Å². The van der Waals surface area contributed by atoms with E-state index < -0.39 is 0 Å². The number of nitrogens with one attached hydrogen (secondary N) is 1. The lowest BCUT2D eigenvalue weighted by Crippen LogP contribution is -2.29. The Morgan fingerprint density at radius 2 is 2.20 bits per heavy atom. The van der Waals surface area contributed by atoms with Crippen molar-refractivity contribution in [3.05, 3.63) is 12.0 Å². The molecule has 0 unspecified atom stereocenters. The topological polar surface area (TPSA) is 58.9 Å². The molecule has 0 aromatic carbocycles. The molecule has 2 aromatic rings. The maximum absolute atomic E-state index is 4.64. The van der Waals surface area contributed by atoms with Crippen molar-refractivity contribution in [3.63, 3.8) is 0 Å². The van der Waals surface area contributed by atoms with Crippen LogP contribution in [-0.4, -0.2) is 45.3 Å². The van der Waals surface area contributed by atoms with Gasteiger partial charge in [0.1, 0.15) is 11.6 Å². The summed E-state index contributed by atoms with van der Waals surface area (Å²) in [5.74, 6) is 2.58. The predicted octanol–water partition coefficient (Wildman–Crippen LogP) is 1.64. The first kappa shape index (κ1) is 13.3. The maximum Gasteiger partial charge on any atom is 0.163 e. The van der Waals surface area contributed by atoms with Gasteiger partial charge in [-0.05, 0) is 25.8 Å². The molecule has 20 heavy (non-hydrogen) atoms. The highest BCUT2D eigenvalue weighted by Gasteiger charge is 2.20. The summed E-state index contributed by atoms with van der Waals surface area (Å²) in [6.45, 7) is 1.92. The molecule has 0 radical (unpaired) electrons. The van der Waals surface area contributed by atoms with Gasteiger partial charge in [-0.1, -0.05) is 6.42 Å². The van der Waals surface area contributed by atoms with E-state index >= 15 is 0 Å². The van der Waals surface area contributed by atoms with Gasteiger partial charge in [-0.25, -0.2) is 9.97 Å². The summed E-state index contributed by atoms with van der Waals surface area (Å²) >= 11 is 0. The number of rotatable bonds is 5. The van der Waals surface area contributed by atoms with E-state index in [0.29, 0.717) is 0 Å². The molecule has 2 aromatic heterocycles. The molecule has 1 N–H and O–H groups in total. The summed E-state index contributed by atoms with van der Waals surface area (Å²) in [5, 5.41) is 8.37. The molecule has 6 nitrogen and oxygen atoms in total. The molecule has 1 aliphatic carbocycles. The number of aryl methyl sites for hydroxylation is 1. The van der Waals surface area contributed by atoms with Gasteiger partial charge in [-0.2, -0.15) is 5.10 Å². The van der Waals surface area contributed by atoms with E-state index in [0.717, 1.165) is 41.7 Å². The van der Waals surface area contributed by atoms with Crippen LogP contribution >= 0.6 is 0 Å². The number of aromatic nitrogens is 4. The van der Waals surface area contributed by atoms with Crippen molar-refractivity contribution >= 4 is 16.9 Å². The molecule has 1 fully saturated rings. The Labute approximate surface area is 119 Å². The summed E-state index contributed by atoms with van der Waals surface area (Å²) in [6.07, 6.45) is 5.93. The Hall–Kier alpha value is -1.69. The zero-order valence-electron chi connectivity index (χ0n) is 12.4. The second-order valence-corrected chi connectivity index (χ2v) is 5.74.